The molecule has 0 radical (unpaired) electrons. The van der Waals surface area contributed by atoms with Crippen molar-refractivity contribution in [3.63, 3.8) is 0 Å². The van der Waals surface area contributed by atoms with Gasteiger partial charge in [0.2, 0.25) is 0 Å². The van der Waals surface area contributed by atoms with Gasteiger partial charge in [0.25, 0.3) is 0 Å². The molecule has 0 spiro atoms. The van der Waals surface area contributed by atoms with Gasteiger partial charge in [-0.3, -0.25) is 0 Å². The maximum atomic E-state index is 15.7. The molecule has 0 amide bonds. The first kappa shape index (κ1) is 28.5. The Balaban J connectivity index is 1.39. The van der Waals surface area contributed by atoms with E-state index in [1.54, 1.807) is 121 Å². The minimum atomic E-state index is -1.08. The van der Waals surface area contributed by atoms with Crippen LogP contribution in [0.3, 0.4) is 0 Å². The van der Waals surface area contributed by atoms with Crippen LogP contribution in [-0.4, -0.2) is 0 Å². The van der Waals surface area contributed by atoms with E-state index >= 15 is 22.0 Å². The average Bonchev–Trinajstić information content (AvgIpc) is 3.05. The zero-order valence-corrected chi connectivity index (χ0v) is 23.1. The van der Waals surface area contributed by atoms with E-state index in [1.807, 2.05) is 0 Å². The summed E-state index contributed by atoms with van der Waals surface area (Å²) in [6, 6.07) is 37.5. The van der Waals surface area contributed by atoms with Gasteiger partial charge in [-0.1, -0.05) is 77.3 Å². The molecule has 6 aromatic rings. The van der Waals surface area contributed by atoms with Crippen molar-refractivity contribution in [3.8, 4) is 0 Å². The van der Waals surface area contributed by atoms with E-state index in [0.29, 0.717) is 22.7 Å². The van der Waals surface area contributed by atoms with Gasteiger partial charge in [-0.05, 0) is 48.5 Å². The third-order valence-corrected chi connectivity index (χ3v) is 6.96. The summed E-state index contributed by atoms with van der Waals surface area (Å²) in [4.78, 5) is 2.74. The van der Waals surface area contributed by atoms with E-state index in [2.05, 4.69) is 0 Å². The van der Waals surface area contributed by atoms with E-state index in [9.17, 15) is 0 Å². The highest BCUT2D eigenvalue weighted by molar-refractivity contribution is 5.80. The number of benzene rings is 6. The standard InChI is InChI=1S/C36H24F5N3/c37-31-21-29(22-32(38)35(31)42(25-13-5-1-6-14-25)26-15-7-2-8-16-26)44(41)30-23-33(39)36(34(40)24-30)43(27-17-9-3-10-18-27)28-19-11-4-12-20-28/h1-24H. The van der Waals surface area contributed by atoms with Gasteiger partial charge in [-0.15, -0.1) is 0 Å². The Labute approximate surface area is 251 Å². The molecular formula is C36H24F5N3. The van der Waals surface area contributed by atoms with Crippen LogP contribution in [0.2, 0.25) is 0 Å². The smallest absolute Gasteiger partial charge is 0.152 e. The van der Waals surface area contributed by atoms with E-state index in [0.717, 1.165) is 24.3 Å². The van der Waals surface area contributed by atoms with Crippen molar-refractivity contribution >= 4 is 45.5 Å². The van der Waals surface area contributed by atoms with Crippen molar-refractivity contribution in [3.05, 3.63) is 169 Å². The molecule has 3 nitrogen and oxygen atoms in total. The highest BCUT2D eigenvalue weighted by Crippen LogP contribution is 2.43. The zero-order chi connectivity index (χ0) is 30.6. The Kier molecular flexibility index (Phi) is 7.97. The molecule has 0 bridgehead atoms. The maximum Gasteiger partial charge on any atom is 0.152 e. The molecule has 0 aromatic heterocycles. The summed E-state index contributed by atoms with van der Waals surface area (Å²) in [5, 5.41) is -0.156. The molecule has 0 unspecified atom stereocenters. The van der Waals surface area contributed by atoms with Crippen LogP contribution < -0.4 is 14.9 Å². The second kappa shape index (κ2) is 12.3. The molecule has 44 heavy (non-hydrogen) atoms. The predicted molar refractivity (Wildman–Crippen MR) is 165 cm³/mol. The Hall–Kier alpha value is -5.63. The lowest BCUT2D eigenvalue weighted by atomic mass is 10.1. The molecule has 6 aromatic carbocycles. The van der Waals surface area contributed by atoms with E-state index in [4.69, 9.17) is 0 Å². The summed E-state index contributed by atoms with van der Waals surface area (Å²) in [6.45, 7) is 0. The normalized spacial score (nSPS) is 10.8. The van der Waals surface area contributed by atoms with Gasteiger partial charge >= 0.3 is 0 Å². The Morgan fingerprint density at radius 2 is 0.545 bits per heavy atom. The topological polar surface area (TPSA) is 9.72 Å². The highest BCUT2D eigenvalue weighted by atomic mass is 19.2. The molecule has 0 fully saturated rings. The lowest BCUT2D eigenvalue weighted by Crippen LogP contribution is -2.16. The van der Waals surface area contributed by atoms with Crippen LogP contribution in [0.1, 0.15) is 0 Å². The quantitative estimate of drug-likeness (QED) is 0.128. The predicted octanol–water partition coefficient (Wildman–Crippen LogP) is 11.2. The summed E-state index contributed by atoms with van der Waals surface area (Å²) >= 11 is 0. The van der Waals surface area contributed by atoms with Crippen molar-refractivity contribution in [2.75, 3.05) is 14.9 Å². The molecule has 0 atom stereocenters. The monoisotopic (exact) mass is 593 g/mol. The van der Waals surface area contributed by atoms with Gasteiger partial charge in [-0.25, -0.2) is 17.6 Å². The first-order chi connectivity index (χ1) is 21.4. The van der Waals surface area contributed by atoms with Crippen LogP contribution >= 0.6 is 0 Å². The third-order valence-electron chi connectivity index (χ3n) is 6.96. The number of hydrogen-bond donors (Lipinski definition) is 0. The number of para-hydroxylation sites is 4. The van der Waals surface area contributed by atoms with E-state index < -0.39 is 46.0 Å². The molecule has 0 aliphatic rings. The summed E-state index contributed by atoms with van der Waals surface area (Å²) < 4.78 is 78.4. The Morgan fingerprint density at radius 1 is 0.318 bits per heavy atom. The fourth-order valence-electron chi connectivity index (χ4n) is 5.03. The van der Waals surface area contributed by atoms with Crippen LogP contribution in [0.25, 0.3) is 0 Å². The summed E-state index contributed by atoms with van der Waals surface area (Å²) in [6.07, 6.45) is 0. The van der Waals surface area contributed by atoms with Gasteiger partial charge in [0.1, 0.15) is 11.4 Å². The van der Waals surface area contributed by atoms with Gasteiger partial charge in [0.05, 0.1) is 11.4 Å². The Morgan fingerprint density at radius 3 is 0.773 bits per heavy atom. The van der Waals surface area contributed by atoms with Gasteiger partial charge < -0.3 is 9.80 Å². The SMILES string of the molecule is Fc1cc(N(F)c2cc(F)c(N(c3ccccc3)c3ccccc3)c(F)c2)cc(F)c1N(c1ccccc1)c1ccccc1. The molecule has 6 rings (SSSR count). The second-order valence-electron chi connectivity index (χ2n) is 9.81. The van der Waals surface area contributed by atoms with Crippen molar-refractivity contribution in [1.29, 1.82) is 0 Å². The molecule has 0 saturated carbocycles. The van der Waals surface area contributed by atoms with E-state index in [-0.39, 0.29) is 5.12 Å². The van der Waals surface area contributed by atoms with Gasteiger partial charge in [-0.2, -0.15) is 5.12 Å². The highest BCUT2D eigenvalue weighted by Gasteiger charge is 2.26. The summed E-state index contributed by atoms with van der Waals surface area (Å²) in [5.41, 5.74) is -0.143. The van der Waals surface area contributed by atoms with Gasteiger partial charge in [0, 0.05) is 47.0 Å². The molecule has 0 saturated heterocycles. The van der Waals surface area contributed by atoms with Crippen molar-refractivity contribution < 1.29 is 22.0 Å². The van der Waals surface area contributed by atoms with Crippen LogP contribution in [0.4, 0.5) is 67.5 Å². The fraction of sp³-hybridized carbons (Fsp3) is 0. The van der Waals surface area contributed by atoms with Crippen LogP contribution in [0.5, 0.6) is 0 Å². The van der Waals surface area contributed by atoms with Gasteiger partial charge in [0.15, 0.2) is 23.3 Å². The number of halogens is 5. The molecule has 0 aliphatic carbocycles. The summed E-state index contributed by atoms with van der Waals surface area (Å²) in [5.74, 6) is -4.31. The Bertz CT molecular complexity index is 1610. The van der Waals surface area contributed by atoms with E-state index in [1.165, 1.54) is 9.80 Å². The second-order valence-corrected chi connectivity index (χ2v) is 9.81. The summed E-state index contributed by atoms with van der Waals surface area (Å²) in [7, 11) is 0. The number of nitrogens with zero attached hydrogens (tertiary/aromatic N) is 3. The first-order valence-corrected chi connectivity index (χ1v) is 13.7. The van der Waals surface area contributed by atoms with Crippen LogP contribution in [-0.2, 0) is 0 Å². The van der Waals surface area contributed by atoms with Crippen LogP contribution in [0, 0.1) is 23.3 Å². The number of anilines is 8. The maximum absolute atomic E-state index is 15.7. The minimum absolute atomic E-state index is 0.156. The van der Waals surface area contributed by atoms with Crippen molar-refractivity contribution in [2.24, 2.45) is 0 Å². The molecule has 0 heterocycles. The largest absolute Gasteiger partial charge is 0.305 e. The zero-order valence-electron chi connectivity index (χ0n) is 23.1. The lowest BCUT2D eigenvalue weighted by molar-refractivity contribution is 0.494. The molecule has 8 heteroatoms. The first-order valence-electron chi connectivity index (χ1n) is 13.7. The fourth-order valence-corrected chi connectivity index (χ4v) is 5.03. The van der Waals surface area contributed by atoms with Crippen molar-refractivity contribution in [1.82, 2.24) is 0 Å². The minimum Gasteiger partial charge on any atom is -0.305 e. The number of hydrogen-bond acceptors (Lipinski definition) is 3. The third kappa shape index (κ3) is 5.57. The molecular weight excluding hydrogens is 569 g/mol. The molecule has 218 valence electrons. The molecule has 0 aliphatic heterocycles. The average molecular weight is 594 g/mol. The lowest BCUT2D eigenvalue weighted by Gasteiger charge is -2.27. The molecule has 0 N–H and O–H groups in total. The van der Waals surface area contributed by atoms with Crippen molar-refractivity contribution in [2.45, 2.75) is 0 Å². The number of rotatable bonds is 8. The van der Waals surface area contributed by atoms with Crippen LogP contribution in [0.15, 0.2) is 146 Å².